The van der Waals surface area contributed by atoms with Crippen molar-refractivity contribution >= 4 is 0 Å². The quantitative estimate of drug-likeness (QED) is 0.660. The van der Waals surface area contributed by atoms with Crippen molar-refractivity contribution in [3.8, 4) is 0 Å². The molecule has 0 spiro atoms. The monoisotopic (exact) mass is 155 g/mol. The minimum atomic E-state index is 0.439. The molecule has 1 saturated carbocycles. The molecule has 2 rings (SSSR count). The molecule has 0 aromatic heterocycles. The third kappa shape index (κ3) is 1.94. The normalized spacial score (nSPS) is 37.9. The molecule has 2 aliphatic rings. The molecular formula is C9H17NO. The third-order valence-electron chi connectivity index (χ3n) is 2.74. The molecule has 0 radical (unpaired) electrons. The van der Waals surface area contributed by atoms with Gasteiger partial charge in [0.1, 0.15) is 0 Å². The van der Waals surface area contributed by atoms with Crippen molar-refractivity contribution in [2.45, 2.75) is 38.3 Å². The topological polar surface area (TPSA) is 21.3 Å². The molecule has 0 bridgehead atoms. The summed E-state index contributed by atoms with van der Waals surface area (Å²) in [5, 5.41) is 3.57. The van der Waals surface area contributed by atoms with E-state index in [0.29, 0.717) is 12.1 Å². The van der Waals surface area contributed by atoms with E-state index in [9.17, 15) is 0 Å². The van der Waals surface area contributed by atoms with E-state index in [1.54, 1.807) is 0 Å². The summed E-state index contributed by atoms with van der Waals surface area (Å²) in [7, 11) is 0. The van der Waals surface area contributed by atoms with Gasteiger partial charge in [-0.3, -0.25) is 0 Å². The molecule has 1 heterocycles. The van der Waals surface area contributed by atoms with Gasteiger partial charge in [-0.15, -0.1) is 0 Å². The summed E-state index contributed by atoms with van der Waals surface area (Å²) in [5.74, 6) is 0.989. The van der Waals surface area contributed by atoms with Crippen LogP contribution in [0.5, 0.6) is 0 Å². The van der Waals surface area contributed by atoms with Crippen molar-refractivity contribution in [2.75, 3.05) is 13.2 Å². The van der Waals surface area contributed by atoms with Crippen LogP contribution in [0.15, 0.2) is 0 Å². The van der Waals surface area contributed by atoms with Gasteiger partial charge in [0.05, 0.1) is 6.10 Å². The Bertz CT molecular complexity index is 134. The molecule has 1 aliphatic carbocycles. The molecular weight excluding hydrogens is 138 g/mol. The van der Waals surface area contributed by atoms with Crippen LogP contribution in [0.2, 0.25) is 0 Å². The number of hydrogen-bond acceptors (Lipinski definition) is 2. The lowest BCUT2D eigenvalue weighted by Gasteiger charge is -2.15. The predicted octanol–water partition coefficient (Wildman–Crippen LogP) is 1.16. The van der Waals surface area contributed by atoms with Crippen molar-refractivity contribution in [1.82, 2.24) is 5.32 Å². The van der Waals surface area contributed by atoms with Crippen molar-refractivity contribution < 1.29 is 4.74 Å². The summed E-state index contributed by atoms with van der Waals surface area (Å²) in [4.78, 5) is 0. The second-order valence-electron chi connectivity index (χ2n) is 3.82. The lowest BCUT2D eigenvalue weighted by molar-refractivity contribution is 0.113. The van der Waals surface area contributed by atoms with E-state index in [-0.39, 0.29) is 0 Å². The van der Waals surface area contributed by atoms with Gasteiger partial charge in [0, 0.05) is 12.6 Å². The molecule has 0 unspecified atom stereocenters. The second-order valence-corrected chi connectivity index (χ2v) is 3.82. The number of hydrogen-bond donors (Lipinski definition) is 1. The van der Waals surface area contributed by atoms with Gasteiger partial charge in [-0.05, 0) is 38.6 Å². The molecule has 1 saturated heterocycles. The van der Waals surface area contributed by atoms with Crippen molar-refractivity contribution in [3.05, 3.63) is 0 Å². The zero-order valence-electron chi connectivity index (χ0n) is 7.18. The first-order valence-electron chi connectivity index (χ1n) is 4.71. The van der Waals surface area contributed by atoms with E-state index in [1.807, 2.05) is 0 Å². The Morgan fingerprint density at radius 2 is 2.18 bits per heavy atom. The van der Waals surface area contributed by atoms with Crippen molar-refractivity contribution in [2.24, 2.45) is 5.92 Å². The molecule has 1 aliphatic heterocycles. The summed E-state index contributed by atoms with van der Waals surface area (Å²) in [5.41, 5.74) is 0. The van der Waals surface area contributed by atoms with E-state index >= 15 is 0 Å². The highest BCUT2D eigenvalue weighted by Gasteiger charge is 2.27. The maximum atomic E-state index is 5.46. The first kappa shape index (κ1) is 7.56. The van der Waals surface area contributed by atoms with E-state index in [4.69, 9.17) is 4.74 Å². The number of rotatable bonds is 3. The van der Waals surface area contributed by atoms with Gasteiger partial charge in [0.2, 0.25) is 0 Å². The Hall–Kier alpha value is -0.0800. The van der Waals surface area contributed by atoms with Gasteiger partial charge in [-0.25, -0.2) is 0 Å². The Labute approximate surface area is 68.3 Å². The molecule has 2 heteroatoms. The van der Waals surface area contributed by atoms with Crippen LogP contribution in [-0.2, 0) is 4.74 Å². The molecule has 64 valence electrons. The summed E-state index contributed by atoms with van der Waals surface area (Å²) < 4.78 is 5.46. The van der Waals surface area contributed by atoms with Gasteiger partial charge >= 0.3 is 0 Å². The van der Waals surface area contributed by atoms with Crippen LogP contribution in [-0.4, -0.2) is 25.3 Å². The Balaban J connectivity index is 1.67. The van der Waals surface area contributed by atoms with Crippen LogP contribution >= 0.6 is 0 Å². The highest BCUT2D eigenvalue weighted by Crippen LogP contribution is 2.28. The molecule has 11 heavy (non-hydrogen) atoms. The highest BCUT2D eigenvalue weighted by atomic mass is 16.5. The maximum Gasteiger partial charge on any atom is 0.0700 e. The standard InChI is InChI=1S/C9H17NO/c1-7-9(4-5-11-7)10-6-8-2-3-8/h7-10H,2-6H2,1H3/t7-,9-/m0/s1. The largest absolute Gasteiger partial charge is 0.377 e. The molecule has 1 N–H and O–H groups in total. The fraction of sp³-hybridized carbons (Fsp3) is 1.00. The fourth-order valence-electron chi connectivity index (χ4n) is 1.64. The zero-order chi connectivity index (χ0) is 7.68. The smallest absolute Gasteiger partial charge is 0.0700 e. The van der Waals surface area contributed by atoms with Gasteiger partial charge in [0.25, 0.3) is 0 Å². The van der Waals surface area contributed by atoms with Gasteiger partial charge < -0.3 is 10.1 Å². The second kappa shape index (κ2) is 3.11. The molecule has 0 aromatic rings. The lowest BCUT2D eigenvalue weighted by Crippen LogP contribution is -2.35. The van der Waals surface area contributed by atoms with E-state index in [1.165, 1.54) is 25.8 Å². The predicted molar refractivity (Wildman–Crippen MR) is 44.5 cm³/mol. The third-order valence-corrected chi connectivity index (χ3v) is 2.74. The summed E-state index contributed by atoms with van der Waals surface area (Å²) in [6, 6.07) is 0.635. The Morgan fingerprint density at radius 1 is 1.36 bits per heavy atom. The number of nitrogens with one attached hydrogen (secondary N) is 1. The Morgan fingerprint density at radius 3 is 2.73 bits per heavy atom. The first-order chi connectivity index (χ1) is 5.36. The minimum Gasteiger partial charge on any atom is -0.377 e. The lowest BCUT2D eigenvalue weighted by atomic mass is 10.1. The average Bonchev–Trinajstić information content (AvgIpc) is 2.73. The zero-order valence-corrected chi connectivity index (χ0v) is 7.18. The van der Waals surface area contributed by atoms with Crippen molar-refractivity contribution in [3.63, 3.8) is 0 Å². The summed E-state index contributed by atoms with van der Waals surface area (Å²) >= 11 is 0. The highest BCUT2D eigenvalue weighted by molar-refractivity contribution is 4.83. The first-order valence-corrected chi connectivity index (χ1v) is 4.71. The van der Waals surface area contributed by atoms with Gasteiger partial charge in [-0.2, -0.15) is 0 Å². The molecule has 0 amide bonds. The number of ether oxygens (including phenoxy) is 1. The van der Waals surface area contributed by atoms with Crippen LogP contribution in [0, 0.1) is 5.92 Å². The molecule has 0 aromatic carbocycles. The van der Waals surface area contributed by atoms with Crippen molar-refractivity contribution in [1.29, 1.82) is 0 Å². The van der Waals surface area contributed by atoms with E-state index < -0.39 is 0 Å². The van der Waals surface area contributed by atoms with Crippen LogP contribution in [0.4, 0.5) is 0 Å². The van der Waals surface area contributed by atoms with Crippen LogP contribution in [0.3, 0.4) is 0 Å². The van der Waals surface area contributed by atoms with Crippen LogP contribution in [0.1, 0.15) is 26.2 Å². The maximum absolute atomic E-state index is 5.46. The molecule has 2 atom stereocenters. The van der Waals surface area contributed by atoms with Gasteiger partial charge in [-0.1, -0.05) is 0 Å². The molecule has 2 nitrogen and oxygen atoms in total. The minimum absolute atomic E-state index is 0.439. The van der Waals surface area contributed by atoms with Crippen LogP contribution < -0.4 is 5.32 Å². The van der Waals surface area contributed by atoms with E-state index in [2.05, 4.69) is 12.2 Å². The summed E-state index contributed by atoms with van der Waals surface area (Å²) in [6.07, 6.45) is 4.52. The average molecular weight is 155 g/mol. The van der Waals surface area contributed by atoms with E-state index in [0.717, 1.165) is 12.5 Å². The molecule has 2 fully saturated rings. The van der Waals surface area contributed by atoms with Crippen LogP contribution in [0.25, 0.3) is 0 Å². The van der Waals surface area contributed by atoms with Gasteiger partial charge in [0.15, 0.2) is 0 Å². The Kier molecular flexibility index (Phi) is 2.14. The SMILES string of the molecule is C[C@@H]1OCC[C@@H]1NCC1CC1. The fourth-order valence-corrected chi connectivity index (χ4v) is 1.64. The summed E-state index contributed by atoms with van der Waals surface area (Å²) in [6.45, 7) is 4.33.